The van der Waals surface area contributed by atoms with Crippen LogP contribution in [0.2, 0.25) is 5.02 Å². The van der Waals surface area contributed by atoms with Crippen LogP contribution in [0.4, 0.5) is 5.69 Å². The fraction of sp³-hybridized carbons (Fsp3) is 0.222. The summed E-state index contributed by atoms with van der Waals surface area (Å²) in [5.74, 6) is -1.26. The van der Waals surface area contributed by atoms with Crippen LogP contribution in [0.5, 0.6) is 0 Å². The van der Waals surface area contributed by atoms with Gasteiger partial charge >= 0.3 is 0 Å². The van der Waals surface area contributed by atoms with Crippen LogP contribution < -0.4 is 10.6 Å². The highest BCUT2D eigenvalue weighted by atomic mass is 79.9. The first kappa shape index (κ1) is 20.9. The van der Waals surface area contributed by atoms with Gasteiger partial charge in [-0.1, -0.05) is 27.5 Å². The predicted octanol–water partition coefficient (Wildman–Crippen LogP) is 2.63. The van der Waals surface area contributed by atoms with Crippen molar-refractivity contribution in [2.75, 3.05) is 25.5 Å². The average Bonchev–Trinajstić information content (AvgIpc) is 2.61. The Morgan fingerprint density at radius 2 is 1.96 bits per heavy atom. The fourth-order valence-corrected chi connectivity index (χ4v) is 2.81. The van der Waals surface area contributed by atoms with E-state index in [1.165, 1.54) is 24.2 Å². The molecule has 1 aromatic carbocycles. The van der Waals surface area contributed by atoms with E-state index in [0.29, 0.717) is 10.7 Å². The largest absolute Gasteiger partial charge is 0.342 e. The van der Waals surface area contributed by atoms with Crippen molar-refractivity contribution in [3.63, 3.8) is 0 Å². The van der Waals surface area contributed by atoms with Gasteiger partial charge in [0.05, 0.1) is 13.1 Å². The van der Waals surface area contributed by atoms with Crippen LogP contribution in [0.15, 0.2) is 41.0 Å². The Bertz CT molecular complexity index is 875. The number of nitrogens with one attached hydrogen (secondary N) is 2. The van der Waals surface area contributed by atoms with Gasteiger partial charge in [-0.05, 0) is 42.8 Å². The van der Waals surface area contributed by atoms with E-state index in [1.54, 1.807) is 12.1 Å². The van der Waals surface area contributed by atoms with E-state index in [1.807, 2.05) is 19.1 Å². The van der Waals surface area contributed by atoms with Crippen molar-refractivity contribution in [3.05, 3.63) is 57.3 Å². The smallest absolute Gasteiger partial charge is 0.270 e. The van der Waals surface area contributed by atoms with Crippen molar-refractivity contribution >= 4 is 50.9 Å². The number of pyridine rings is 1. The second kappa shape index (κ2) is 9.48. The molecule has 0 saturated carbocycles. The number of hydrogen-bond donors (Lipinski definition) is 2. The Kier molecular flexibility index (Phi) is 7.32. The number of nitrogens with zero attached hydrogens (tertiary/aromatic N) is 2. The van der Waals surface area contributed by atoms with Crippen LogP contribution >= 0.6 is 27.5 Å². The van der Waals surface area contributed by atoms with E-state index >= 15 is 0 Å². The number of aryl methyl sites for hydroxylation is 1. The molecular weight excluding hydrogens is 436 g/mol. The molecule has 2 N–H and O–H groups in total. The van der Waals surface area contributed by atoms with E-state index in [4.69, 9.17) is 11.6 Å². The second-order valence-corrected chi connectivity index (χ2v) is 7.15. The maximum absolute atomic E-state index is 12.1. The minimum Gasteiger partial charge on any atom is -0.342 e. The highest BCUT2D eigenvalue weighted by molar-refractivity contribution is 9.10. The molecule has 0 saturated heterocycles. The highest BCUT2D eigenvalue weighted by Crippen LogP contribution is 2.19. The maximum atomic E-state index is 12.1. The lowest BCUT2D eigenvalue weighted by Crippen LogP contribution is -2.41. The van der Waals surface area contributed by atoms with Crippen LogP contribution in [-0.4, -0.2) is 47.7 Å². The van der Waals surface area contributed by atoms with Crippen LogP contribution in [0.3, 0.4) is 0 Å². The van der Waals surface area contributed by atoms with Gasteiger partial charge in [-0.25, -0.2) is 0 Å². The number of likely N-dealkylation sites (N-methyl/N-ethyl adjacent to an activating group) is 1. The molecular formula is C18H18BrClN4O3. The topological polar surface area (TPSA) is 91.4 Å². The molecule has 27 heavy (non-hydrogen) atoms. The molecule has 0 aliphatic rings. The van der Waals surface area contributed by atoms with Crippen LogP contribution in [0.1, 0.15) is 16.1 Å². The number of anilines is 1. The fourth-order valence-electron chi connectivity index (χ4n) is 2.17. The summed E-state index contributed by atoms with van der Waals surface area (Å²) < 4.78 is 0.912. The number of amides is 3. The predicted molar refractivity (Wildman–Crippen MR) is 107 cm³/mol. The van der Waals surface area contributed by atoms with Crippen molar-refractivity contribution in [1.82, 2.24) is 15.2 Å². The standard InChI is InChI=1S/C18H18BrClN4O3/c1-11-7-12(19)3-4-14(11)23-16(25)10-24(2)17(26)9-22-18(27)15-8-13(20)5-6-21-15/h3-8H,9-10H2,1-2H3,(H,22,27)(H,23,25). The van der Waals surface area contributed by atoms with Crippen molar-refractivity contribution in [1.29, 1.82) is 0 Å². The van der Waals surface area contributed by atoms with Crippen molar-refractivity contribution in [2.45, 2.75) is 6.92 Å². The summed E-state index contributed by atoms with van der Waals surface area (Å²) in [5.41, 5.74) is 1.68. The highest BCUT2D eigenvalue weighted by Gasteiger charge is 2.16. The summed E-state index contributed by atoms with van der Waals surface area (Å²) in [6.45, 7) is 1.47. The zero-order valence-electron chi connectivity index (χ0n) is 14.8. The Labute approximate surface area is 170 Å². The number of carbonyl (C=O) groups is 3. The third-order valence-electron chi connectivity index (χ3n) is 3.62. The van der Waals surface area contributed by atoms with Crippen LogP contribution in [-0.2, 0) is 9.59 Å². The normalized spacial score (nSPS) is 10.2. The molecule has 0 fully saturated rings. The first-order valence-electron chi connectivity index (χ1n) is 7.96. The molecule has 142 valence electrons. The van der Waals surface area contributed by atoms with Gasteiger partial charge in [0.2, 0.25) is 11.8 Å². The number of halogens is 2. The lowest BCUT2D eigenvalue weighted by molar-refractivity contribution is -0.132. The van der Waals surface area contributed by atoms with E-state index in [9.17, 15) is 14.4 Å². The van der Waals surface area contributed by atoms with Crippen molar-refractivity contribution in [2.24, 2.45) is 0 Å². The average molecular weight is 454 g/mol. The number of rotatable bonds is 6. The molecule has 0 aliphatic heterocycles. The lowest BCUT2D eigenvalue weighted by Gasteiger charge is -2.17. The zero-order chi connectivity index (χ0) is 20.0. The monoisotopic (exact) mass is 452 g/mol. The molecule has 0 radical (unpaired) electrons. The summed E-state index contributed by atoms with van der Waals surface area (Å²) in [4.78, 5) is 41.3. The van der Waals surface area contributed by atoms with Gasteiger partial charge in [-0.15, -0.1) is 0 Å². The van der Waals surface area contributed by atoms with Gasteiger partial charge in [0.1, 0.15) is 5.69 Å². The Balaban J connectivity index is 1.84. The molecule has 1 heterocycles. The molecule has 2 rings (SSSR count). The van der Waals surface area contributed by atoms with E-state index in [0.717, 1.165) is 10.0 Å². The summed E-state index contributed by atoms with van der Waals surface area (Å²) in [6.07, 6.45) is 1.40. The lowest BCUT2D eigenvalue weighted by atomic mass is 10.2. The molecule has 0 atom stereocenters. The molecule has 0 bridgehead atoms. The van der Waals surface area contributed by atoms with Crippen molar-refractivity contribution in [3.8, 4) is 0 Å². The minimum absolute atomic E-state index is 0.112. The van der Waals surface area contributed by atoms with E-state index in [-0.39, 0.29) is 24.7 Å². The van der Waals surface area contributed by atoms with Gasteiger partial charge in [0, 0.05) is 28.4 Å². The summed E-state index contributed by atoms with van der Waals surface area (Å²) >= 11 is 9.16. The number of benzene rings is 1. The Hall–Kier alpha value is -2.45. The summed E-state index contributed by atoms with van der Waals surface area (Å²) in [7, 11) is 1.49. The van der Waals surface area contributed by atoms with E-state index in [2.05, 4.69) is 31.5 Å². The van der Waals surface area contributed by atoms with Gasteiger partial charge in [-0.3, -0.25) is 19.4 Å². The zero-order valence-corrected chi connectivity index (χ0v) is 17.1. The first-order chi connectivity index (χ1) is 12.8. The molecule has 9 heteroatoms. The SMILES string of the molecule is Cc1cc(Br)ccc1NC(=O)CN(C)C(=O)CNC(=O)c1cc(Cl)ccn1. The molecule has 0 unspecified atom stereocenters. The quantitative estimate of drug-likeness (QED) is 0.703. The first-order valence-corrected chi connectivity index (χ1v) is 9.13. The maximum Gasteiger partial charge on any atom is 0.270 e. The van der Waals surface area contributed by atoms with Gasteiger partial charge in [0.15, 0.2) is 0 Å². The van der Waals surface area contributed by atoms with Gasteiger partial charge in [0.25, 0.3) is 5.91 Å². The molecule has 7 nitrogen and oxygen atoms in total. The number of hydrogen-bond acceptors (Lipinski definition) is 4. The third-order valence-corrected chi connectivity index (χ3v) is 4.35. The molecule has 2 aromatic rings. The number of carbonyl (C=O) groups excluding carboxylic acids is 3. The Morgan fingerprint density at radius 3 is 2.63 bits per heavy atom. The summed E-state index contributed by atoms with van der Waals surface area (Å²) in [6, 6.07) is 8.42. The molecule has 3 amide bonds. The molecule has 1 aromatic heterocycles. The van der Waals surface area contributed by atoms with Crippen LogP contribution in [0.25, 0.3) is 0 Å². The van der Waals surface area contributed by atoms with Crippen LogP contribution in [0, 0.1) is 6.92 Å². The minimum atomic E-state index is -0.519. The van der Waals surface area contributed by atoms with E-state index < -0.39 is 11.8 Å². The van der Waals surface area contributed by atoms with Crippen molar-refractivity contribution < 1.29 is 14.4 Å². The summed E-state index contributed by atoms with van der Waals surface area (Å²) in [5, 5.41) is 5.59. The Morgan fingerprint density at radius 1 is 1.22 bits per heavy atom. The number of aromatic nitrogens is 1. The third kappa shape index (κ3) is 6.33. The van der Waals surface area contributed by atoms with Gasteiger partial charge in [-0.2, -0.15) is 0 Å². The molecule has 0 spiro atoms. The second-order valence-electron chi connectivity index (χ2n) is 5.80. The molecule has 0 aliphatic carbocycles. The van der Waals surface area contributed by atoms with Gasteiger partial charge < -0.3 is 15.5 Å².